The predicted octanol–water partition coefficient (Wildman–Crippen LogP) is 6.63. The molecule has 0 amide bonds. The topological polar surface area (TPSA) is 76.3 Å². The number of halogens is 1. The fourth-order valence-corrected chi connectivity index (χ4v) is 3.61. The number of hydrogen-bond acceptors (Lipinski definition) is 4. The second-order valence-electron chi connectivity index (χ2n) is 6.40. The molecule has 0 saturated heterocycles. The van der Waals surface area contributed by atoms with Gasteiger partial charge >= 0.3 is 5.69 Å². The lowest BCUT2D eigenvalue weighted by Gasteiger charge is -2.11. The van der Waals surface area contributed by atoms with Crippen molar-refractivity contribution in [3.63, 3.8) is 0 Å². The number of aromatic nitrogens is 1. The maximum absolute atomic E-state index is 12.1. The van der Waals surface area contributed by atoms with Gasteiger partial charge in [0.25, 0.3) is 0 Å². The van der Waals surface area contributed by atoms with Gasteiger partial charge in [-0.25, -0.2) is 4.98 Å². The maximum atomic E-state index is 12.1. The Morgan fingerprint density at radius 2 is 1.66 bits per heavy atom. The number of nitrogens with zero attached hydrogens (tertiary/aromatic N) is 2. The highest BCUT2D eigenvalue weighted by Crippen LogP contribution is 2.40. The molecule has 29 heavy (non-hydrogen) atoms. The van der Waals surface area contributed by atoms with Gasteiger partial charge in [-0.1, -0.05) is 76.6 Å². The second-order valence-corrected chi connectivity index (χ2v) is 7.32. The number of aliphatic hydroxyl groups excluding tert-OH is 1. The molecule has 1 heterocycles. The molecule has 0 radical (unpaired) electrons. The second kappa shape index (κ2) is 7.85. The van der Waals surface area contributed by atoms with E-state index in [1.807, 2.05) is 48.5 Å². The van der Waals surface area contributed by atoms with Crippen molar-refractivity contribution >= 4 is 44.4 Å². The van der Waals surface area contributed by atoms with E-state index in [0.29, 0.717) is 27.6 Å². The molecule has 1 aromatic heterocycles. The fourth-order valence-electron chi connectivity index (χ4n) is 3.25. The third-order valence-electron chi connectivity index (χ3n) is 4.54. The predicted molar refractivity (Wildman–Crippen MR) is 118 cm³/mol. The first-order chi connectivity index (χ1) is 14.0. The first-order valence-corrected chi connectivity index (χ1v) is 9.63. The number of rotatable bonds is 4. The van der Waals surface area contributed by atoms with E-state index in [1.165, 1.54) is 6.08 Å². The molecule has 0 atom stereocenters. The molecule has 142 valence electrons. The van der Waals surface area contributed by atoms with Crippen molar-refractivity contribution in [2.24, 2.45) is 0 Å². The summed E-state index contributed by atoms with van der Waals surface area (Å²) in [5.41, 5.74) is 2.28. The van der Waals surface area contributed by atoms with Crippen molar-refractivity contribution in [1.29, 1.82) is 0 Å². The van der Waals surface area contributed by atoms with Crippen LogP contribution in [-0.2, 0) is 0 Å². The van der Waals surface area contributed by atoms with Gasteiger partial charge in [0, 0.05) is 21.5 Å². The Hall–Kier alpha value is -3.51. The fraction of sp³-hybridized carbons (Fsp3) is 0. The number of nitro groups is 1. The van der Waals surface area contributed by atoms with E-state index in [0.717, 1.165) is 4.47 Å². The Bertz CT molecular complexity index is 1240. The number of hydrogen-bond donors (Lipinski definition) is 1. The van der Waals surface area contributed by atoms with Crippen LogP contribution in [0.25, 0.3) is 33.9 Å². The Balaban J connectivity index is 2.07. The monoisotopic (exact) mass is 446 g/mol. The van der Waals surface area contributed by atoms with E-state index in [4.69, 9.17) is 0 Å². The zero-order chi connectivity index (χ0) is 20.4. The molecule has 6 heteroatoms. The molecule has 0 unspecified atom stereocenters. The molecule has 0 bridgehead atoms. The standard InChI is InChI=1S/C23H15BrN2O3/c24-17-11-12-19-18(13-17)22(16-9-5-2-6-10-16)23(26(28)29)20(25-19)14-21(27)15-7-3-1-4-8-15/h1-14,27H/b21-14+. The largest absolute Gasteiger partial charge is 0.507 e. The van der Waals surface area contributed by atoms with Gasteiger partial charge in [-0.3, -0.25) is 10.1 Å². The van der Waals surface area contributed by atoms with Crippen LogP contribution in [0.15, 0.2) is 83.3 Å². The molecule has 0 aliphatic heterocycles. The molecule has 5 nitrogen and oxygen atoms in total. The summed E-state index contributed by atoms with van der Waals surface area (Å²) in [7, 11) is 0. The minimum Gasteiger partial charge on any atom is -0.507 e. The van der Waals surface area contributed by atoms with E-state index >= 15 is 0 Å². The van der Waals surface area contributed by atoms with Crippen LogP contribution in [0.5, 0.6) is 0 Å². The Kier molecular flexibility index (Phi) is 5.10. The molecular formula is C23H15BrN2O3. The molecule has 4 aromatic rings. The number of pyridine rings is 1. The van der Waals surface area contributed by atoms with Crippen LogP contribution in [0.3, 0.4) is 0 Å². The van der Waals surface area contributed by atoms with Gasteiger partial charge < -0.3 is 5.11 Å². The third kappa shape index (κ3) is 3.75. The first-order valence-electron chi connectivity index (χ1n) is 8.84. The van der Waals surface area contributed by atoms with Crippen molar-refractivity contribution in [2.45, 2.75) is 0 Å². The molecule has 3 aromatic carbocycles. The summed E-state index contributed by atoms with van der Waals surface area (Å²) in [6.45, 7) is 0. The molecule has 0 aliphatic carbocycles. The molecule has 4 rings (SSSR count). The Morgan fingerprint density at radius 1 is 1.00 bits per heavy atom. The number of benzene rings is 3. The molecule has 1 N–H and O–H groups in total. The van der Waals surface area contributed by atoms with Gasteiger partial charge in [-0.2, -0.15) is 0 Å². The van der Waals surface area contributed by atoms with Gasteiger partial charge in [0.1, 0.15) is 11.5 Å². The summed E-state index contributed by atoms with van der Waals surface area (Å²) < 4.78 is 0.800. The van der Waals surface area contributed by atoms with Crippen molar-refractivity contribution in [3.05, 3.63) is 105 Å². The Morgan fingerprint density at radius 3 is 2.31 bits per heavy atom. The number of fused-ring (bicyclic) bond motifs is 1. The van der Waals surface area contributed by atoms with Crippen LogP contribution in [0, 0.1) is 10.1 Å². The zero-order valence-corrected chi connectivity index (χ0v) is 16.7. The molecule has 0 saturated carbocycles. The summed E-state index contributed by atoms with van der Waals surface area (Å²) in [6, 6.07) is 23.5. The van der Waals surface area contributed by atoms with E-state index in [1.54, 1.807) is 30.3 Å². The number of aliphatic hydroxyl groups is 1. The van der Waals surface area contributed by atoms with Gasteiger partial charge in [0.05, 0.1) is 16.0 Å². The SMILES string of the molecule is O=[N+]([O-])c1c(/C=C(/O)c2ccccc2)nc2ccc(Br)cc2c1-c1ccccc1. The van der Waals surface area contributed by atoms with Crippen molar-refractivity contribution in [3.8, 4) is 11.1 Å². The van der Waals surface area contributed by atoms with Gasteiger partial charge in [-0.05, 0) is 23.8 Å². The summed E-state index contributed by atoms with van der Waals surface area (Å²) in [6.07, 6.45) is 1.35. The minimum absolute atomic E-state index is 0.0864. The highest BCUT2D eigenvalue weighted by atomic mass is 79.9. The van der Waals surface area contributed by atoms with E-state index < -0.39 is 4.92 Å². The lowest BCUT2D eigenvalue weighted by Crippen LogP contribution is -2.00. The van der Waals surface area contributed by atoms with Gasteiger partial charge in [-0.15, -0.1) is 0 Å². The van der Waals surface area contributed by atoms with Gasteiger partial charge in [0.2, 0.25) is 0 Å². The van der Waals surface area contributed by atoms with Crippen molar-refractivity contribution in [1.82, 2.24) is 4.98 Å². The first kappa shape index (κ1) is 18.8. The lowest BCUT2D eigenvalue weighted by atomic mass is 9.97. The average Bonchev–Trinajstić information content (AvgIpc) is 2.74. The third-order valence-corrected chi connectivity index (χ3v) is 5.03. The quantitative estimate of drug-likeness (QED) is 0.217. The van der Waals surface area contributed by atoms with Crippen LogP contribution in [0.4, 0.5) is 5.69 Å². The smallest absolute Gasteiger partial charge is 0.303 e. The van der Waals surface area contributed by atoms with E-state index in [9.17, 15) is 15.2 Å². The van der Waals surface area contributed by atoms with E-state index in [-0.39, 0.29) is 17.1 Å². The highest BCUT2D eigenvalue weighted by molar-refractivity contribution is 9.10. The summed E-state index contributed by atoms with van der Waals surface area (Å²) in [5, 5.41) is 23.3. The zero-order valence-electron chi connectivity index (χ0n) is 15.1. The summed E-state index contributed by atoms with van der Waals surface area (Å²) in [4.78, 5) is 16.2. The Labute approximate surface area is 175 Å². The lowest BCUT2D eigenvalue weighted by molar-refractivity contribution is -0.384. The minimum atomic E-state index is -0.445. The van der Waals surface area contributed by atoms with Crippen LogP contribution >= 0.6 is 15.9 Å². The summed E-state index contributed by atoms with van der Waals surface area (Å²) >= 11 is 3.44. The van der Waals surface area contributed by atoms with Crippen LogP contribution in [0.1, 0.15) is 11.3 Å². The van der Waals surface area contributed by atoms with Crippen LogP contribution < -0.4 is 0 Å². The molecular weight excluding hydrogens is 432 g/mol. The van der Waals surface area contributed by atoms with Crippen molar-refractivity contribution < 1.29 is 10.0 Å². The molecule has 0 spiro atoms. The van der Waals surface area contributed by atoms with E-state index in [2.05, 4.69) is 20.9 Å². The average molecular weight is 447 g/mol. The maximum Gasteiger partial charge on any atom is 0.303 e. The van der Waals surface area contributed by atoms with Crippen LogP contribution in [0.2, 0.25) is 0 Å². The normalized spacial score (nSPS) is 11.6. The molecule has 0 fully saturated rings. The van der Waals surface area contributed by atoms with Crippen molar-refractivity contribution in [2.75, 3.05) is 0 Å². The van der Waals surface area contributed by atoms with Crippen LogP contribution in [-0.4, -0.2) is 15.0 Å². The summed E-state index contributed by atoms with van der Waals surface area (Å²) in [5.74, 6) is -0.0864. The van der Waals surface area contributed by atoms with Gasteiger partial charge in [0.15, 0.2) is 0 Å². The molecule has 0 aliphatic rings. The highest BCUT2D eigenvalue weighted by Gasteiger charge is 2.25.